The van der Waals surface area contributed by atoms with Gasteiger partial charge >= 0.3 is 5.70 Å². The Morgan fingerprint density at radius 3 is 2.43 bits per heavy atom. The average molecular weight is 185 g/mol. The van der Waals surface area contributed by atoms with Crippen LogP contribution in [0.5, 0.6) is 0 Å². The van der Waals surface area contributed by atoms with Gasteiger partial charge in [-0.25, -0.2) is 0 Å². The number of carbonyl (C=O) groups is 1. The molecule has 0 fully saturated rings. The molecule has 0 saturated carbocycles. The third kappa shape index (κ3) is 1.92. The predicted molar refractivity (Wildman–Crippen MR) is 50.3 cm³/mol. The van der Waals surface area contributed by atoms with Crippen LogP contribution in [0.25, 0.3) is 11.1 Å². The average Bonchev–Trinajstić information content (AvgIpc) is 2.20. The van der Waals surface area contributed by atoms with Gasteiger partial charge in [-0.1, -0.05) is 0 Å². The lowest BCUT2D eigenvalue weighted by Crippen LogP contribution is -2.31. The van der Waals surface area contributed by atoms with Crippen molar-refractivity contribution in [2.75, 3.05) is 0 Å². The van der Waals surface area contributed by atoms with Crippen LogP contribution >= 0.6 is 0 Å². The highest BCUT2D eigenvalue weighted by Crippen LogP contribution is 1.96. The van der Waals surface area contributed by atoms with E-state index in [0.717, 1.165) is 0 Å². The van der Waals surface area contributed by atoms with Crippen LogP contribution in [-0.4, -0.2) is 11.7 Å². The summed E-state index contributed by atoms with van der Waals surface area (Å²) in [5.41, 5.74) is 0.525. The number of hydrogen-bond donors (Lipinski definition) is 0. The molecule has 0 aliphatic heterocycles. The lowest BCUT2D eigenvalue weighted by Gasteiger charge is -1.93. The van der Waals surface area contributed by atoms with E-state index in [-0.39, 0.29) is 11.5 Å². The molecular formula is C10H7N3O. The van der Waals surface area contributed by atoms with Gasteiger partial charge in [0.1, 0.15) is 0 Å². The Kier molecular flexibility index (Phi) is 2.90. The van der Waals surface area contributed by atoms with Gasteiger partial charge in [-0.3, -0.25) is 4.79 Å². The van der Waals surface area contributed by atoms with Gasteiger partial charge in [-0.05, 0) is 6.92 Å². The number of nitrogens with zero attached hydrogens (tertiary/aromatic N) is 3. The summed E-state index contributed by atoms with van der Waals surface area (Å²) < 4.78 is 1.37. The molecule has 0 saturated heterocycles. The molecule has 0 aliphatic rings. The minimum absolute atomic E-state index is 0.0277. The zero-order valence-electron chi connectivity index (χ0n) is 7.56. The van der Waals surface area contributed by atoms with Crippen molar-refractivity contribution in [1.29, 1.82) is 5.26 Å². The minimum Gasteiger partial charge on any atom is -0.757 e. The number of Topliss-reactive ketones (excluding diaryl/α,β-unsaturated/α-hetero) is 1. The van der Waals surface area contributed by atoms with Crippen molar-refractivity contribution < 1.29 is 9.36 Å². The molecule has 0 aliphatic carbocycles. The van der Waals surface area contributed by atoms with Crippen LogP contribution in [0, 0.1) is 11.3 Å². The van der Waals surface area contributed by atoms with Gasteiger partial charge in [0.05, 0.1) is 0 Å². The van der Waals surface area contributed by atoms with Crippen molar-refractivity contribution in [2.45, 2.75) is 6.92 Å². The summed E-state index contributed by atoms with van der Waals surface area (Å²) in [7, 11) is 0. The van der Waals surface area contributed by atoms with E-state index in [1.165, 1.54) is 23.9 Å². The van der Waals surface area contributed by atoms with E-state index in [1.54, 1.807) is 24.1 Å². The maximum atomic E-state index is 10.9. The molecule has 0 amide bonds. The maximum Gasteiger partial charge on any atom is 0.309 e. The Bertz CT molecular complexity index is 447. The Balaban J connectivity index is 3.13. The van der Waals surface area contributed by atoms with Gasteiger partial charge in [-0.15, -0.1) is 0 Å². The number of ketones is 1. The third-order valence-corrected chi connectivity index (χ3v) is 1.71. The van der Waals surface area contributed by atoms with Crippen LogP contribution in [0.4, 0.5) is 0 Å². The van der Waals surface area contributed by atoms with E-state index in [1.807, 2.05) is 0 Å². The molecule has 0 aromatic carbocycles. The molecule has 0 bridgehead atoms. The number of allylic oxidation sites excluding steroid dienone is 1. The van der Waals surface area contributed by atoms with Crippen molar-refractivity contribution in [3.63, 3.8) is 0 Å². The van der Waals surface area contributed by atoms with Gasteiger partial charge in [0.25, 0.3) is 0 Å². The zero-order chi connectivity index (χ0) is 10.6. The standard InChI is InChI=1S/C10H7N3O/c1-8(14)9-2-4-13(5-3-9)10(6-11)7-12/h2-5H,1H3. The first-order valence-corrected chi connectivity index (χ1v) is 3.89. The number of pyridine rings is 1. The predicted octanol–water partition coefficient (Wildman–Crippen LogP) is 0.780. The van der Waals surface area contributed by atoms with Gasteiger partial charge < -0.3 is 5.41 Å². The smallest absolute Gasteiger partial charge is 0.309 e. The monoisotopic (exact) mass is 185 g/mol. The zero-order valence-corrected chi connectivity index (χ0v) is 7.56. The van der Waals surface area contributed by atoms with E-state index in [2.05, 4.69) is 0 Å². The molecule has 1 rings (SSSR count). The molecule has 0 N–H and O–H groups in total. The number of nitriles is 1. The number of aromatic nitrogens is 1. The summed E-state index contributed by atoms with van der Waals surface area (Å²) in [4.78, 5) is 10.9. The summed E-state index contributed by atoms with van der Waals surface area (Å²) in [6.07, 6.45) is 3.02. The molecule has 0 unspecified atom stereocenters. The molecule has 14 heavy (non-hydrogen) atoms. The highest BCUT2D eigenvalue weighted by Gasteiger charge is 2.07. The van der Waals surface area contributed by atoms with Crippen molar-refractivity contribution in [2.24, 2.45) is 0 Å². The molecule has 0 atom stereocenters. The van der Waals surface area contributed by atoms with Gasteiger partial charge in [-0.2, -0.15) is 15.7 Å². The minimum atomic E-state index is -0.0485. The van der Waals surface area contributed by atoms with Gasteiger partial charge in [0.15, 0.2) is 24.2 Å². The summed E-state index contributed by atoms with van der Waals surface area (Å²) >= 11 is 0. The van der Waals surface area contributed by atoms with Crippen LogP contribution in [0.3, 0.4) is 0 Å². The molecule has 4 nitrogen and oxygen atoms in total. The third-order valence-electron chi connectivity index (χ3n) is 1.71. The Labute approximate surface area is 81.2 Å². The second-order valence-electron chi connectivity index (χ2n) is 2.62. The number of rotatable bonds is 2. The molecule has 0 spiro atoms. The second-order valence-corrected chi connectivity index (χ2v) is 2.62. The Morgan fingerprint density at radius 2 is 2.07 bits per heavy atom. The summed E-state index contributed by atoms with van der Waals surface area (Å²) in [5, 5.41) is 17.1. The lowest BCUT2D eigenvalue weighted by molar-refractivity contribution is -0.576. The van der Waals surface area contributed by atoms with Crippen LogP contribution in [-0.2, 0) is 0 Å². The maximum absolute atomic E-state index is 10.9. The molecule has 1 aromatic rings. The molecule has 68 valence electrons. The second kappa shape index (κ2) is 4.13. The summed E-state index contributed by atoms with van der Waals surface area (Å²) in [5.74, 6) is 1.70. The van der Waals surface area contributed by atoms with Crippen molar-refractivity contribution in [1.82, 2.24) is 0 Å². The van der Waals surface area contributed by atoms with Crippen LogP contribution in [0.1, 0.15) is 17.3 Å². The molecule has 1 aromatic heterocycles. The van der Waals surface area contributed by atoms with Crippen molar-refractivity contribution >= 4 is 17.4 Å². The number of hydrogen-bond acceptors (Lipinski definition) is 2. The van der Waals surface area contributed by atoms with Crippen LogP contribution < -0.4 is 4.57 Å². The van der Waals surface area contributed by atoms with E-state index in [0.29, 0.717) is 5.56 Å². The summed E-state index contributed by atoms with van der Waals surface area (Å²) in [6.45, 7) is 1.46. The first-order chi connectivity index (χ1) is 6.69. The van der Waals surface area contributed by atoms with Crippen LogP contribution in [0.2, 0.25) is 0 Å². The van der Waals surface area contributed by atoms with E-state index in [9.17, 15) is 4.79 Å². The molecule has 0 radical (unpaired) electrons. The fourth-order valence-electron chi connectivity index (χ4n) is 0.951. The van der Waals surface area contributed by atoms with Gasteiger partial charge in [0.2, 0.25) is 0 Å². The summed E-state index contributed by atoms with van der Waals surface area (Å²) in [6, 6.07) is 4.88. The molecular weight excluding hydrogens is 178 g/mol. The first-order valence-electron chi connectivity index (χ1n) is 3.89. The fraction of sp³-hybridized carbons (Fsp3) is 0.100. The SMILES string of the molecule is CC(=O)c1cc[n+](C(=C=[N-])C#N)cc1. The highest BCUT2D eigenvalue weighted by molar-refractivity contribution is 5.93. The Hall–Kier alpha value is -2.24. The van der Waals surface area contributed by atoms with Crippen molar-refractivity contribution in [3.8, 4) is 6.07 Å². The fourth-order valence-corrected chi connectivity index (χ4v) is 0.951. The van der Waals surface area contributed by atoms with Crippen LogP contribution in [0.15, 0.2) is 24.5 Å². The molecule has 4 heteroatoms. The van der Waals surface area contributed by atoms with E-state index < -0.39 is 0 Å². The normalized spacial score (nSPS) is 8.57. The topological polar surface area (TPSA) is 67.0 Å². The lowest BCUT2D eigenvalue weighted by atomic mass is 10.2. The van der Waals surface area contributed by atoms with E-state index >= 15 is 0 Å². The largest absolute Gasteiger partial charge is 0.757 e. The Morgan fingerprint density at radius 1 is 1.50 bits per heavy atom. The quantitative estimate of drug-likeness (QED) is 0.296. The van der Waals surface area contributed by atoms with Gasteiger partial charge in [0, 0.05) is 17.7 Å². The number of carbonyl (C=O) groups excluding carboxylic acids is 1. The first kappa shape index (κ1) is 9.85. The highest BCUT2D eigenvalue weighted by atomic mass is 16.1. The van der Waals surface area contributed by atoms with Crippen molar-refractivity contribution in [3.05, 3.63) is 35.5 Å². The van der Waals surface area contributed by atoms with E-state index in [4.69, 9.17) is 10.7 Å². The molecule has 1 heterocycles.